The van der Waals surface area contributed by atoms with E-state index in [1.165, 1.54) is 11.3 Å². The van der Waals surface area contributed by atoms with E-state index in [0.29, 0.717) is 12.8 Å². The van der Waals surface area contributed by atoms with Gasteiger partial charge in [0.05, 0.1) is 16.6 Å². The lowest BCUT2D eigenvalue weighted by atomic mass is 9.90. The van der Waals surface area contributed by atoms with Gasteiger partial charge >= 0.3 is 0 Å². The van der Waals surface area contributed by atoms with Crippen molar-refractivity contribution >= 4 is 27.3 Å². The number of thiazole rings is 1. The molecule has 3 nitrogen and oxygen atoms in total. The number of aromatic nitrogens is 1. The number of Topliss-reactive ketones (excluding diaryl/α,β-unsaturated/α-hetero) is 1. The van der Waals surface area contributed by atoms with Crippen LogP contribution in [0.5, 0.6) is 0 Å². The Bertz CT molecular complexity index is 525. The van der Waals surface area contributed by atoms with Crippen molar-refractivity contribution in [2.45, 2.75) is 38.7 Å². The van der Waals surface area contributed by atoms with Crippen LogP contribution in [-0.4, -0.2) is 21.5 Å². The number of para-hydroxylation sites is 1. The first kappa shape index (κ1) is 13.2. The zero-order chi connectivity index (χ0) is 13.2. The maximum absolute atomic E-state index is 12.1. The molecule has 1 N–H and O–H groups in total. The zero-order valence-corrected chi connectivity index (χ0v) is 11.5. The summed E-state index contributed by atoms with van der Waals surface area (Å²) in [6.45, 7) is 3.67. The van der Waals surface area contributed by atoms with Crippen LogP contribution in [0.4, 0.5) is 0 Å². The van der Waals surface area contributed by atoms with E-state index in [1.54, 1.807) is 0 Å². The molecule has 0 bridgehead atoms. The number of benzene rings is 1. The number of hydrogen-bond acceptors (Lipinski definition) is 4. The highest BCUT2D eigenvalue weighted by Crippen LogP contribution is 2.24. The van der Waals surface area contributed by atoms with Gasteiger partial charge in [-0.2, -0.15) is 0 Å². The van der Waals surface area contributed by atoms with Gasteiger partial charge in [0.15, 0.2) is 5.78 Å². The summed E-state index contributed by atoms with van der Waals surface area (Å²) in [6, 6.07) is 7.82. The maximum atomic E-state index is 12.1. The number of carbonyl (C=O) groups is 1. The van der Waals surface area contributed by atoms with Gasteiger partial charge in [-0.05, 0) is 25.0 Å². The van der Waals surface area contributed by atoms with Crippen LogP contribution < -0.4 is 0 Å². The first-order valence-corrected chi connectivity index (χ1v) is 7.01. The molecule has 2 rings (SSSR count). The predicted molar refractivity (Wildman–Crippen MR) is 73.9 cm³/mol. The van der Waals surface area contributed by atoms with Crippen LogP contribution >= 0.6 is 11.3 Å². The number of ketones is 1. The van der Waals surface area contributed by atoms with Crippen LogP contribution in [0.3, 0.4) is 0 Å². The summed E-state index contributed by atoms with van der Waals surface area (Å²) in [7, 11) is 0. The van der Waals surface area contributed by atoms with Crippen LogP contribution in [0.1, 0.15) is 31.7 Å². The van der Waals surface area contributed by atoms with E-state index in [1.807, 2.05) is 38.1 Å². The van der Waals surface area contributed by atoms with E-state index in [-0.39, 0.29) is 12.2 Å². The first-order chi connectivity index (χ1) is 8.59. The summed E-state index contributed by atoms with van der Waals surface area (Å²) >= 11 is 1.52. The predicted octanol–water partition coefficient (Wildman–Crippen LogP) is 2.96. The van der Waals surface area contributed by atoms with Crippen LogP contribution in [0.2, 0.25) is 0 Å². The number of carbonyl (C=O) groups excluding carboxylic acids is 1. The summed E-state index contributed by atoms with van der Waals surface area (Å²) in [4.78, 5) is 16.5. The van der Waals surface area contributed by atoms with Gasteiger partial charge < -0.3 is 5.11 Å². The highest BCUT2D eigenvalue weighted by Gasteiger charge is 2.31. The van der Waals surface area contributed by atoms with Crippen LogP contribution in [0.25, 0.3) is 10.2 Å². The number of fused-ring (bicyclic) bond motifs is 1. The molecule has 0 amide bonds. The zero-order valence-electron chi connectivity index (χ0n) is 10.6. The third-order valence-electron chi connectivity index (χ3n) is 3.34. The van der Waals surface area contributed by atoms with Gasteiger partial charge in [0.2, 0.25) is 0 Å². The normalized spacial score (nSPS) is 11.9. The molecule has 0 spiro atoms. The Kier molecular flexibility index (Phi) is 3.78. The van der Waals surface area contributed by atoms with Crippen molar-refractivity contribution in [2.24, 2.45) is 0 Å². The summed E-state index contributed by atoms with van der Waals surface area (Å²) in [5.74, 6) is -0.133. The minimum Gasteiger partial charge on any atom is -0.382 e. The second kappa shape index (κ2) is 5.16. The van der Waals surface area contributed by atoms with Gasteiger partial charge in [0.25, 0.3) is 0 Å². The molecule has 0 saturated heterocycles. The van der Waals surface area contributed by atoms with Gasteiger partial charge in [0.1, 0.15) is 10.6 Å². The molecule has 0 aliphatic heterocycles. The van der Waals surface area contributed by atoms with Gasteiger partial charge in [-0.3, -0.25) is 4.79 Å². The minimum atomic E-state index is -1.20. The van der Waals surface area contributed by atoms with Gasteiger partial charge in [-0.25, -0.2) is 4.98 Å². The Morgan fingerprint density at radius 1 is 1.33 bits per heavy atom. The monoisotopic (exact) mass is 263 g/mol. The SMILES string of the molecule is CCC(O)(CC)C(=O)Cc1nc2ccccc2s1. The molecule has 0 aliphatic rings. The highest BCUT2D eigenvalue weighted by molar-refractivity contribution is 7.18. The van der Waals surface area contributed by atoms with E-state index in [0.717, 1.165) is 15.2 Å². The molecule has 4 heteroatoms. The van der Waals surface area contributed by atoms with Gasteiger partial charge in [0, 0.05) is 0 Å². The second-order valence-corrected chi connectivity index (χ2v) is 5.53. The number of rotatable bonds is 5. The Labute approximate surface area is 110 Å². The third kappa shape index (κ3) is 2.44. The molecular weight excluding hydrogens is 246 g/mol. The molecule has 2 aromatic rings. The van der Waals surface area contributed by atoms with Gasteiger partial charge in [-0.1, -0.05) is 26.0 Å². The van der Waals surface area contributed by atoms with E-state index in [4.69, 9.17) is 0 Å². The van der Waals surface area contributed by atoms with Crippen molar-refractivity contribution in [3.8, 4) is 0 Å². The maximum Gasteiger partial charge on any atom is 0.171 e. The fourth-order valence-corrected chi connectivity index (χ4v) is 2.91. The lowest BCUT2D eigenvalue weighted by Crippen LogP contribution is -2.38. The molecule has 0 radical (unpaired) electrons. The Morgan fingerprint density at radius 2 is 2.00 bits per heavy atom. The lowest BCUT2D eigenvalue weighted by Gasteiger charge is -2.22. The summed E-state index contributed by atoms with van der Waals surface area (Å²) in [5.41, 5.74) is -0.278. The standard InChI is InChI=1S/C14H17NO2S/c1-3-14(17,4-2)12(16)9-13-15-10-7-5-6-8-11(10)18-13/h5-8,17H,3-4,9H2,1-2H3. The number of aliphatic hydroxyl groups is 1. The van der Waals surface area contributed by atoms with Crippen molar-refractivity contribution in [2.75, 3.05) is 0 Å². The topological polar surface area (TPSA) is 50.2 Å². The Morgan fingerprint density at radius 3 is 2.61 bits per heavy atom. The molecule has 1 aromatic heterocycles. The largest absolute Gasteiger partial charge is 0.382 e. The summed E-state index contributed by atoms with van der Waals surface area (Å²) in [5, 5.41) is 10.9. The Hall–Kier alpha value is -1.26. The van der Waals surface area contributed by atoms with Crippen molar-refractivity contribution in [1.29, 1.82) is 0 Å². The van der Waals surface area contributed by atoms with Crippen LogP contribution in [0.15, 0.2) is 24.3 Å². The van der Waals surface area contributed by atoms with Gasteiger partial charge in [-0.15, -0.1) is 11.3 Å². The van der Waals surface area contributed by atoms with Crippen molar-refractivity contribution in [3.05, 3.63) is 29.3 Å². The van der Waals surface area contributed by atoms with Crippen LogP contribution in [-0.2, 0) is 11.2 Å². The molecule has 1 heterocycles. The quantitative estimate of drug-likeness (QED) is 0.902. The highest BCUT2D eigenvalue weighted by atomic mass is 32.1. The molecular formula is C14H17NO2S. The first-order valence-electron chi connectivity index (χ1n) is 6.19. The molecule has 0 fully saturated rings. The fourth-order valence-electron chi connectivity index (χ4n) is 1.94. The van der Waals surface area contributed by atoms with E-state index in [2.05, 4.69) is 4.98 Å². The van der Waals surface area contributed by atoms with E-state index in [9.17, 15) is 9.90 Å². The number of nitrogens with zero attached hydrogens (tertiary/aromatic N) is 1. The molecule has 0 aliphatic carbocycles. The Balaban J connectivity index is 2.21. The van der Waals surface area contributed by atoms with Crippen molar-refractivity contribution < 1.29 is 9.90 Å². The summed E-state index contributed by atoms with van der Waals surface area (Å²) < 4.78 is 1.08. The lowest BCUT2D eigenvalue weighted by molar-refractivity contribution is -0.137. The third-order valence-corrected chi connectivity index (χ3v) is 4.38. The average Bonchev–Trinajstić information content (AvgIpc) is 2.79. The fraction of sp³-hybridized carbons (Fsp3) is 0.429. The van der Waals surface area contributed by atoms with E-state index >= 15 is 0 Å². The number of hydrogen-bond donors (Lipinski definition) is 1. The molecule has 0 saturated carbocycles. The molecule has 1 aromatic carbocycles. The minimum absolute atomic E-state index is 0.133. The molecule has 96 valence electrons. The van der Waals surface area contributed by atoms with Crippen molar-refractivity contribution in [3.63, 3.8) is 0 Å². The molecule has 0 unspecified atom stereocenters. The van der Waals surface area contributed by atoms with Crippen LogP contribution in [0, 0.1) is 0 Å². The smallest absolute Gasteiger partial charge is 0.171 e. The second-order valence-electron chi connectivity index (χ2n) is 4.41. The summed E-state index contributed by atoms with van der Waals surface area (Å²) in [6.07, 6.45) is 1.12. The molecule has 0 atom stereocenters. The average molecular weight is 263 g/mol. The van der Waals surface area contributed by atoms with E-state index < -0.39 is 5.60 Å². The van der Waals surface area contributed by atoms with Crippen molar-refractivity contribution in [1.82, 2.24) is 4.98 Å². The molecule has 18 heavy (non-hydrogen) atoms.